The van der Waals surface area contributed by atoms with Gasteiger partial charge in [-0.3, -0.25) is 14.6 Å². The zero-order chi connectivity index (χ0) is 24.5. The Morgan fingerprint density at radius 3 is 2.63 bits per heavy atom. The molecule has 1 fully saturated rings. The van der Waals surface area contributed by atoms with Crippen LogP contribution in [0.3, 0.4) is 0 Å². The summed E-state index contributed by atoms with van der Waals surface area (Å²) in [7, 11) is 1.75. The molecule has 1 saturated heterocycles. The van der Waals surface area contributed by atoms with Crippen molar-refractivity contribution in [2.45, 2.75) is 18.9 Å². The number of benzene rings is 2. The van der Waals surface area contributed by atoms with Crippen molar-refractivity contribution in [2.75, 3.05) is 19.3 Å². The Balaban J connectivity index is 1.60. The van der Waals surface area contributed by atoms with Crippen molar-refractivity contribution in [1.82, 2.24) is 25.2 Å². The summed E-state index contributed by atoms with van der Waals surface area (Å²) in [6.07, 6.45) is 2.57. The molecule has 1 aliphatic rings. The second-order valence-electron chi connectivity index (χ2n) is 8.53. The Bertz CT molecular complexity index is 1440. The van der Waals surface area contributed by atoms with Crippen molar-refractivity contribution in [2.24, 2.45) is 0 Å². The van der Waals surface area contributed by atoms with Gasteiger partial charge in [0.15, 0.2) is 11.5 Å². The van der Waals surface area contributed by atoms with Gasteiger partial charge in [0.05, 0.1) is 21.9 Å². The predicted molar refractivity (Wildman–Crippen MR) is 136 cm³/mol. The van der Waals surface area contributed by atoms with E-state index in [9.17, 15) is 9.59 Å². The number of rotatable bonds is 4. The highest BCUT2D eigenvalue weighted by Crippen LogP contribution is 2.35. The first-order valence-corrected chi connectivity index (χ1v) is 11.6. The molecule has 1 atom stereocenters. The van der Waals surface area contributed by atoms with Crippen LogP contribution in [0.4, 0.5) is 5.82 Å². The average molecular weight is 487 g/mol. The average Bonchev–Trinajstić information content (AvgIpc) is 2.86. The third-order valence-corrected chi connectivity index (χ3v) is 6.40. The number of pyridine rings is 1. The topological polar surface area (TPSA) is 114 Å². The first-order chi connectivity index (χ1) is 16.9. The second kappa shape index (κ2) is 9.31. The van der Waals surface area contributed by atoms with E-state index in [0.717, 1.165) is 10.9 Å². The SMILES string of the molecule is CN1CCC(NC(=O)c2nc(-c3cc(Cl)c4ncccc4c3)c(-c3ccccc3)nc2N)CC1=O. The molecule has 0 saturated carbocycles. The van der Waals surface area contributed by atoms with Gasteiger partial charge in [-0.25, -0.2) is 9.97 Å². The molecule has 0 radical (unpaired) electrons. The molecule has 3 heterocycles. The fourth-order valence-corrected chi connectivity index (χ4v) is 4.49. The van der Waals surface area contributed by atoms with Crippen LogP contribution in [0.25, 0.3) is 33.4 Å². The molecule has 0 bridgehead atoms. The van der Waals surface area contributed by atoms with Crippen LogP contribution in [0.5, 0.6) is 0 Å². The van der Waals surface area contributed by atoms with Gasteiger partial charge < -0.3 is 16.0 Å². The number of nitrogens with one attached hydrogen (secondary N) is 1. The Labute approximate surface area is 207 Å². The summed E-state index contributed by atoms with van der Waals surface area (Å²) in [5.41, 5.74) is 9.42. The molecule has 176 valence electrons. The number of carbonyl (C=O) groups excluding carboxylic acids is 2. The highest BCUT2D eigenvalue weighted by molar-refractivity contribution is 6.35. The zero-order valence-corrected chi connectivity index (χ0v) is 19.8. The number of hydrogen-bond donors (Lipinski definition) is 2. The molecule has 1 aliphatic heterocycles. The summed E-state index contributed by atoms with van der Waals surface area (Å²) >= 11 is 6.55. The van der Waals surface area contributed by atoms with Gasteiger partial charge >= 0.3 is 0 Å². The van der Waals surface area contributed by atoms with Crippen LogP contribution in [0.2, 0.25) is 5.02 Å². The van der Waals surface area contributed by atoms with Gasteiger partial charge in [-0.2, -0.15) is 0 Å². The number of piperidine rings is 1. The standard InChI is InChI=1S/C26H23ClN6O2/c1-33-11-9-18(14-20(33)34)30-26(35)24-25(28)32-22(15-6-3-2-4-7-15)23(31-24)17-12-16-8-5-10-29-21(16)19(27)13-17/h2-8,10,12-13,18H,9,11,14H2,1H3,(H2,28,32)(H,30,35). The Kier molecular flexibility index (Phi) is 6.05. The van der Waals surface area contributed by atoms with E-state index in [2.05, 4.69) is 15.3 Å². The molecule has 0 spiro atoms. The van der Waals surface area contributed by atoms with E-state index < -0.39 is 5.91 Å². The lowest BCUT2D eigenvalue weighted by molar-refractivity contribution is -0.132. The van der Waals surface area contributed by atoms with Crippen LogP contribution in [0.1, 0.15) is 23.3 Å². The number of nitrogen functional groups attached to an aromatic ring is 1. The molecule has 1 unspecified atom stereocenters. The molecule has 4 aromatic rings. The molecule has 2 aromatic heterocycles. The predicted octanol–water partition coefficient (Wildman–Crippen LogP) is 3.95. The number of fused-ring (bicyclic) bond motifs is 1. The minimum absolute atomic E-state index is 0.00784. The van der Waals surface area contributed by atoms with Crippen molar-refractivity contribution >= 4 is 40.1 Å². The van der Waals surface area contributed by atoms with Crippen molar-refractivity contribution in [3.63, 3.8) is 0 Å². The summed E-state index contributed by atoms with van der Waals surface area (Å²) in [6.45, 7) is 0.576. The van der Waals surface area contributed by atoms with Crippen molar-refractivity contribution in [1.29, 1.82) is 0 Å². The Morgan fingerprint density at radius 1 is 1.09 bits per heavy atom. The van der Waals surface area contributed by atoms with E-state index in [0.29, 0.717) is 40.5 Å². The minimum Gasteiger partial charge on any atom is -0.382 e. The molecule has 2 amide bonds. The van der Waals surface area contributed by atoms with Crippen LogP contribution in [-0.4, -0.2) is 51.3 Å². The number of halogens is 1. The van der Waals surface area contributed by atoms with E-state index in [1.165, 1.54) is 0 Å². The summed E-state index contributed by atoms with van der Waals surface area (Å²) in [5.74, 6) is -0.468. The maximum absolute atomic E-state index is 13.2. The molecular formula is C26H23ClN6O2. The van der Waals surface area contributed by atoms with E-state index in [4.69, 9.17) is 22.3 Å². The van der Waals surface area contributed by atoms with Gasteiger partial charge in [0.25, 0.3) is 5.91 Å². The van der Waals surface area contributed by atoms with E-state index in [1.54, 1.807) is 24.2 Å². The quantitative estimate of drug-likeness (QED) is 0.451. The molecular weight excluding hydrogens is 464 g/mol. The number of aromatic nitrogens is 3. The molecule has 2 aromatic carbocycles. The highest BCUT2D eigenvalue weighted by atomic mass is 35.5. The monoisotopic (exact) mass is 486 g/mol. The molecule has 35 heavy (non-hydrogen) atoms. The number of nitrogens with two attached hydrogens (primary N) is 1. The fraction of sp³-hybridized carbons (Fsp3) is 0.192. The highest BCUT2D eigenvalue weighted by Gasteiger charge is 2.27. The molecule has 8 nitrogen and oxygen atoms in total. The number of nitrogens with zero attached hydrogens (tertiary/aromatic N) is 4. The maximum atomic E-state index is 13.2. The zero-order valence-electron chi connectivity index (χ0n) is 19.0. The smallest absolute Gasteiger partial charge is 0.273 e. The van der Waals surface area contributed by atoms with E-state index in [-0.39, 0.29) is 29.9 Å². The number of hydrogen-bond acceptors (Lipinski definition) is 6. The molecule has 0 aliphatic carbocycles. The normalized spacial score (nSPS) is 15.9. The maximum Gasteiger partial charge on any atom is 0.273 e. The molecule has 3 N–H and O–H groups in total. The van der Waals surface area contributed by atoms with Gasteiger partial charge in [0.1, 0.15) is 0 Å². The van der Waals surface area contributed by atoms with Crippen molar-refractivity contribution in [3.05, 3.63) is 71.5 Å². The van der Waals surface area contributed by atoms with E-state index in [1.807, 2.05) is 48.5 Å². The largest absolute Gasteiger partial charge is 0.382 e. The number of anilines is 1. The van der Waals surface area contributed by atoms with Crippen LogP contribution >= 0.6 is 11.6 Å². The van der Waals surface area contributed by atoms with Crippen LogP contribution < -0.4 is 11.1 Å². The van der Waals surface area contributed by atoms with Crippen LogP contribution in [0, 0.1) is 0 Å². The summed E-state index contributed by atoms with van der Waals surface area (Å²) in [6, 6.07) is 16.6. The third-order valence-electron chi connectivity index (χ3n) is 6.11. The van der Waals surface area contributed by atoms with Crippen molar-refractivity contribution < 1.29 is 9.59 Å². The summed E-state index contributed by atoms with van der Waals surface area (Å²) in [5, 5.41) is 4.20. The molecule has 9 heteroatoms. The first-order valence-electron chi connectivity index (χ1n) is 11.2. The summed E-state index contributed by atoms with van der Waals surface area (Å²) < 4.78 is 0. The summed E-state index contributed by atoms with van der Waals surface area (Å²) in [4.78, 5) is 40.5. The van der Waals surface area contributed by atoms with Gasteiger partial charge in [-0.15, -0.1) is 0 Å². The van der Waals surface area contributed by atoms with Gasteiger partial charge in [-0.1, -0.05) is 48.0 Å². The van der Waals surface area contributed by atoms with Gasteiger partial charge in [-0.05, 0) is 24.6 Å². The lowest BCUT2D eigenvalue weighted by Crippen LogP contribution is -2.46. The van der Waals surface area contributed by atoms with Crippen molar-refractivity contribution in [3.8, 4) is 22.5 Å². The minimum atomic E-state index is -0.466. The van der Waals surface area contributed by atoms with Crippen LogP contribution in [-0.2, 0) is 4.79 Å². The number of likely N-dealkylation sites (tertiary alicyclic amines) is 1. The van der Waals surface area contributed by atoms with Gasteiger partial charge in [0, 0.05) is 48.8 Å². The third kappa shape index (κ3) is 4.52. The van der Waals surface area contributed by atoms with E-state index >= 15 is 0 Å². The van der Waals surface area contributed by atoms with Crippen LogP contribution in [0.15, 0.2) is 60.8 Å². The lowest BCUT2D eigenvalue weighted by atomic mass is 10.0. The second-order valence-corrected chi connectivity index (χ2v) is 8.94. The molecule has 5 rings (SSSR count). The number of amides is 2. The Hall–Kier alpha value is -4.04. The number of carbonyl (C=O) groups is 2. The van der Waals surface area contributed by atoms with Gasteiger partial charge in [0.2, 0.25) is 5.91 Å². The Morgan fingerprint density at radius 2 is 1.86 bits per heavy atom. The fourth-order valence-electron chi connectivity index (χ4n) is 4.22. The first kappa shape index (κ1) is 22.7. The lowest BCUT2D eigenvalue weighted by Gasteiger charge is -2.29.